The van der Waals surface area contributed by atoms with Crippen molar-refractivity contribution in [2.45, 2.75) is 26.3 Å². The molecule has 0 spiro atoms. The molecule has 0 aliphatic heterocycles. The molecule has 2 aromatic rings. The minimum Gasteiger partial charge on any atom is -0.496 e. The molecule has 0 atom stereocenters. The molecule has 0 bridgehead atoms. The lowest BCUT2D eigenvalue weighted by Gasteiger charge is -2.14. The van der Waals surface area contributed by atoms with Crippen molar-refractivity contribution in [1.82, 2.24) is 0 Å². The highest BCUT2D eigenvalue weighted by molar-refractivity contribution is 5.45. The fourth-order valence-corrected chi connectivity index (χ4v) is 2.15. The number of hydrogen-bond acceptors (Lipinski definition) is 2. The standard InChI is InChI=1S/C17H20FNO/c1-12(2)16-9-13(7-8-17(16)20-3)11-19-15-6-4-5-14(18)10-15/h4-10,12,19H,11H2,1-3H3. The highest BCUT2D eigenvalue weighted by atomic mass is 19.1. The first-order valence-electron chi connectivity index (χ1n) is 6.76. The topological polar surface area (TPSA) is 21.3 Å². The van der Waals surface area contributed by atoms with Crippen molar-refractivity contribution < 1.29 is 9.13 Å². The van der Waals surface area contributed by atoms with Gasteiger partial charge < -0.3 is 10.1 Å². The fraction of sp³-hybridized carbons (Fsp3) is 0.294. The van der Waals surface area contributed by atoms with Gasteiger partial charge in [-0.3, -0.25) is 0 Å². The van der Waals surface area contributed by atoms with Gasteiger partial charge in [-0.15, -0.1) is 0 Å². The summed E-state index contributed by atoms with van der Waals surface area (Å²) < 4.78 is 18.5. The number of halogens is 1. The molecule has 0 saturated carbocycles. The molecule has 0 aliphatic carbocycles. The Bertz CT molecular complexity index is 581. The van der Waals surface area contributed by atoms with Crippen LogP contribution in [0, 0.1) is 5.82 Å². The van der Waals surface area contributed by atoms with E-state index < -0.39 is 0 Å². The maximum Gasteiger partial charge on any atom is 0.125 e. The normalized spacial score (nSPS) is 10.7. The van der Waals surface area contributed by atoms with Gasteiger partial charge in [-0.25, -0.2) is 4.39 Å². The Hall–Kier alpha value is -2.03. The molecule has 20 heavy (non-hydrogen) atoms. The Morgan fingerprint density at radius 2 is 1.95 bits per heavy atom. The van der Waals surface area contributed by atoms with Crippen molar-refractivity contribution in [2.75, 3.05) is 12.4 Å². The minimum atomic E-state index is -0.229. The second-order valence-electron chi connectivity index (χ2n) is 5.09. The maximum atomic E-state index is 13.1. The second kappa shape index (κ2) is 6.42. The van der Waals surface area contributed by atoms with E-state index in [2.05, 4.69) is 25.2 Å². The van der Waals surface area contributed by atoms with Crippen LogP contribution in [0.4, 0.5) is 10.1 Å². The van der Waals surface area contributed by atoms with Crippen LogP contribution in [0.5, 0.6) is 5.75 Å². The average Bonchev–Trinajstić information content (AvgIpc) is 2.45. The highest BCUT2D eigenvalue weighted by Gasteiger charge is 2.08. The Kier molecular flexibility index (Phi) is 4.61. The van der Waals surface area contributed by atoms with Crippen molar-refractivity contribution >= 4 is 5.69 Å². The number of hydrogen-bond donors (Lipinski definition) is 1. The van der Waals surface area contributed by atoms with Gasteiger partial charge in [0, 0.05) is 12.2 Å². The lowest BCUT2D eigenvalue weighted by atomic mass is 9.99. The average molecular weight is 273 g/mol. The minimum absolute atomic E-state index is 0.229. The SMILES string of the molecule is COc1ccc(CNc2cccc(F)c2)cc1C(C)C. The van der Waals surface area contributed by atoms with Gasteiger partial charge in [0.2, 0.25) is 0 Å². The molecule has 2 aromatic carbocycles. The summed E-state index contributed by atoms with van der Waals surface area (Å²) in [5.74, 6) is 1.08. The summed E-state index contributed by atoms with van der Waals surface area (Å²) >= 11 is 0. The van der Waals surface area contributed by atoms with E-state index in [1.807, 2.05) is 18.2 Å². The lowest BCUT2D eigenvalue weighted by Crippen LogP contribution is -2.02. The molecule has 106 valence electrons. The van der Waals surface area contributed by atoms with Crippen molar-refractivity contribution in [3.63, 3.8) is 0 Å². The zero-order valence-electron chi connectivity index (χ0n) is 12.1. The molecular formula is C17H20FNO. The fourth-order valence-electron chi connectivity index (χ4n) is 2.15. The van der Waals surface area contributed by atoms with Crippen LogP contribution in [-0.2, 0) is 6.54 Å². The summed E-state index contributed by atoms with van der Waals surface area (Å²) in [4.78, 5) is 0. The van der Waals surface area contributed by atoms with E-state index in [1.165, 1.54) is 17.7 Å². The van der Waals surface area contributed by atoms with E-state index in [0.717, 1.165) is 17.0 Å². The van der Waals surface area contributed by atoms with E-state index in [0.29, 0.717) is 12.5 Å². The van der Waals surface area contributed by atoms with Crippen molar-refractivity contribution in [1.29, 1.82) is 0 Å². The van der Waals surface area contributed by atoms with Crippen LogP contribution in [-0.4, -0.2) is 7.11 Å². The van der Waals surface area contributed by atoms with Crippen LogP contribution in [0.25, 0.3) is 0 Å². The number of methoxy groups -OCH3 is 1. The lowest BCUT2D eigenvalue weighted by molar-refractivity contribution is 0.407. The van der Waals surface area contributed by atoms with E-state index in [-0.39, 0.29) is 5.82 Å². The van der Waals surface area contributed by atoms with Gasteiger partial charge in [0.25, 0.3) is 0 Å². The molecule has 0 fully saturated rings. The zero-order valence-corrected chi connectivity index (χ0v) is 12.1. The molecular weight excluding hydrogens is 253 g/mol. The highest BCUT2D eigenvalue weighted by Crippen LogP contribution is 2.27. The van der Waals surface area contributed by atoms with Crippen LogP contribution in [0.1, 0.15) is 30.9 Å². The Morgan fingerprint density at radius 1 is 1.15 bits per heavy atom. The monoisotopic (exact) mass is 273 g/mol. The first-order valence-corrected chi connectivity index (χ1v) is 6.76. The van der Waals surface area contributed by atoms with Crippen molar-refractivity contribution in [3.8, 4) is 5.75 Å². The molecule has 0 saturated heterocycles. The molecule has 0 aromatic heterocycles. The van der Waals surface area contributed by atoms with Gasteiger partial charge in [-0.05, 0) is 41.3 Å². The quantitative estimate of drug-likeness (QED) is 0.861. The maximum absolute atomic E-state index is 13.1. The van der Waals surface area contributed by atoms with Crippen LogP contribution < -0.4 is 10.1 Å². The zero-order chi connectivity index (χ0) is 14.5. The van der Waals surface area contributed by atoms with Gasteiger partial charge >= 0.3 is 0 Å². The van der Waals surface area contributed by atoms with Gasteiger partial charge in [0.15, 0.2) is 0 Å². The summed E-state index contributed by atoms with van der Waals surface area (Å²) in [6.07, 6.45) is 0. The number of nitrogens with one attached hydrogen (secondary N) is 1. The predicted molar refractivity (Wildman–Crippen MR) is 80.8 cm³/mol. The molecule has 0 unspecified atom stereocenters. The number of benzene rings is 2. The van der Waals surface area contributed by atoms with Crippen LogP contribution in [0.15, 0.2) is 42.5 Å². The van der Waals surface area contributed by atoms with Gasteiger partial charge in [-0.2, -0.15) is 0 Å². The third-order valence-corrected chi connectivity index (χ3v) is 3.24. The number of ether oxygens (including phenoxy) is 1. The molecule has 0 amide bonds. The van der Waals surface area contributed by atoms with E-state index >= 15 is 0 Å². The van der Waals surface area contributed by atoms with E-state index in [1.54, 1.807) is 13.2 Å². The third kappa shape index (κ3) is 3.50. The summed E-state index contributed by atoms with van der Waals surface area (Å²) in [6, 6.07) is 12.6. The van der Waals surface area contributed by atoms with Crippen molar-refractivity contribution in [3.05, 3.63) is 59.4 Å². The summed E-state index contributed by atoms with van der Waals surface area (Å²) in [5, 5.41) is 3.22. The number of rotatable bonds is 5. The second-order valence-corrected chi connectivity index (χ2v) is 5.09. The largest absolute Gasteiger partial charge is 0.496 e. The molecule has 0 aliphatic rings. The molecule has 1 N–H and O–H groups in total. The van der Waals surface area contributed by atoms with Gasteiger partial charge in [0.1, 0.15) is 11.6 Å². The predicted octanol–water partition coefficient (Wildman–Crippen LogP) is 4.57. The van der Waals surface area contributed by atoms with Crippen LogP contribution in [0.3, 0.4) is 0 Å². The Balaban J connectivity index is 2.12. The first-order chi connectivity index (χ1) is 9.60. The van der Waals surface area contributed by atoms with Gasteiger partial charge in [0.05, 0.1) is 7.11 Å². The van der Waals surface area contributed by atoms with Gasteiger partial charge in [-0.1, -0.05) is 32.0 Å². The summed E-state index contributed by atoms with van der Waals surface area (Å²) in [5.41, 5.74) is 3.12. The van der Waals surface area contributed by atoms with Crippen molar-refractivity contribution in [2.24, 2.45) is 0 Å². The molecule has 2 rings (SSSR count). The summed E-state index contributed by atoms with van der Waals surface area (Å²) in [6.45, 7) is 4.94. The van der Waals surface area contributed by atoms with E-state index in [9.17, 15) is 4.39 Å². The van der Waals surface area contributed by atoms with E-state index in [4.69, 9.17) is 4.74 Å². The first kappa shape index (κ1) is 14.4. The summed E-state index contributed by atoms with van der Waals surface area (Å²) in [7, 11) is 1.69. The Morgan fingerprint density at radius 3 is 2.60 bits per heavy atom. The molecule has 3 heteroatoms. The molecule has 0 radical (unpaired) electrons. The third-order valence-electron chi connectivity index (χ3n) is 3.24. The molecule has 0 heterocycles. The van der Waals surface area contributed by atoms with Crippen LogP contribution >= 0.6 is 0 Å². The molecule has 2 nitrogen and oxygen atoms in total. The smallest absolute Gasteiger partial charge is 0.125 e. The number of anilines is 1. The Labute approximate surface area is 119 Å². The van der Waals surface area contributed by atoms with Crippen LogP contribution in [0.2, 0.25) is 0 Å².